The zero-order chi connectivity index (χ0) is 11.0. The lowest BCUT2D eigenvalue weighted by molar-refractivity contribution is 0.0486. The molecule has 2 heterocycles. The molecule has 0 spiro atoms. The van der Waals surface area contributed by atoms with E-state index in [1.165, 1.54) is 0 Å². The number of aromatic amines is 1. The minimum atomic E-state index is -0.0964. The van der Waals surface area contributed by atoms with Crippen molar-refractivity contribution in [3.05, 3.63) is 18.6 Å². The Labute approximate surface area is 92.9 Å². The first kappa shape index (κ1) is 9.59. The molecule has 0 aliphatic heterocycles. The molecule has 0 atom stereocenters. The molecule has 5 nitrogen and oxygen atoms in total. The summed E-state index contributed by atoms with van der Waals surface area (Å²) in [7, 11) is 0. The van der Waals surface area contributed by atoms with Crippen LogP contribution in [-0.4, -0.2) is 32.7 Å². The van der Waals surface area contributed by atoms with Crippen LogP contribution in [0.5, 0.6) is 0 Å². The monoisotopic (exact) mass is 218 g/mol. The number of aromatic nitrogens is 3. The largest absolute Gasteiger partial charge is 0.393 e. The summed E-state index contributed by atoms with van der Waals surface area (Å²) in [6.07, 6.45) is 5.12. The van der Waals surface area contributed by atoms with E-state index in [4.69, 9.17) is 0 Å². The minimum Gasteiger partial charge on any atom is -0.393 e. The van der Waals surface area contributed by atoms with Crippen molar-refractivity contribution in [1.29, 1.82) is 0 Å². The second-order valence-corrected chi connectivity index (χ2v) is 4.33. The molecule has 1 saturated carbocycles. The molecule has 84 valence electrons. The highest BCUT2D eigenvalue weighted by Crippen LogP contribution is 2.27. The molecule has 0 bridgehead atoms. The molecule has 0 unspecified atom stereocenters. The first-order valence-electron chi connectivity index (χ1n) is 5.53. The van der Waals surface area contributed by atoms with Crippen LogP contribution in [0.15, 0.2) is 18.6 Å². The molecule has 1 aliphatic carbocycles. The van der Waals surface area contributed by atoms with E-state index in [1.807, 2.05) is 6.07 Å². The molecule has 0 radical (unpaired) electrons. The Morgan fingerprint density at radius 3 is 3.12 bits per heavy atom. The lowest BCUT2D eigenvalue weighted by Gasteiger charge is -2.31. The van der Waals surface area contributed by atoms with Crippen LogP contribution >= 0.6 is 0 Å². The van der Waals surface area contributed by atoms with Gasteiger partial charge in [-0.15, -0.1) is 0 Å². The predicted octanol–water partition coefficient (Wildman–Crippen LogP) is 1.14. The minimum absolute atomic E-state index is 0.0964. The van der Waals surface area contributed by atoms with E-state index in [2.05, 4.69) is 20.3 Å². The molecule has 2 aromatic heterocycles. The van der Waals surface area contributed by atoms with Gasteiger partial charge in [-0.05, 0) is 24.8 Å². The van der Waals surface area contributed by atoms with E-state index >= 15 is 0 Å². The van der Waals surface area contributed by atoms with E-state index in [0.29, 0.717) is 5.92 Å². The highest BCUT2D eigenvalue weighted by Gasteiger charge is 2.26. The number of hydrogen-bond donors (Lipinski definition) is 3. The maximum absolute atomic E-state index is 9.19. The molecular weight excluding hydrogens is 204 g/mol. The van der Waals surface area contributed by atoms with Crippen molar-refractivity contribution in [2.45, 2.75) is 18.9 Å². The summed E-state index contributed by atoms with van der Waals surface area (Å²) >= 11 is 0. The van der Waals surface area contributed by atoms with Crippen molar-refractivity contribution in [3.63, 3.8) is 0 Å². The number of aliphatic hydroxyl groups excluding tert-OH is 1. The van der Waals surface area contributed by atoms with Gasteiger partial charge in [-0.25, -0.2) is 9.97 Å². The van der Waals surface area contributed by atoms with E-state index in [1.54, 1.807) is 12.5 Å². The topological polar surface area (TPSA) is 73.8 Å². The van der Waals surface area contributed by atoms with Gasteiger partial charge in [-0.3, -0.25) is 0 Å². The molecule has 3 N–H and O–H groups in total. The Bertz CT molecular complexity index is 489. The second kappa shape index (κ2) is 3.75. The quantitative estimate of drug-likeness (QED) is 0.722. The molecule has 2 aromatic rings. The van der Waals surface area contributed by atoms with E-state index in [0.717, 1.165) is 36.2 Å². The summed E-state index contributed by atoms with van der Waals surface area (Å²) in [5, 5.41) is 12.5. The van der Waals surface area contributed by atoms with Crippen LogP contribution in [0.3, 0.4) is 0 Å². The number of rotatable bonds is 3. The van der Waals surface area contributed by atoms with Crippen molar-refractivity contribution in [1.82, 2.24) is 15.0 Å². The van der Waals surface area contributed by atoms with E-state index < -0.39 is 0 Å². The maximum atomic E-state index is 9.19. The lowest BCUT2D eigenvalue weighted by Crippen LogP contribution is -2.33. The van der Waals surface area contributed by atoms with Gasteiger partial charge in [0, 0.05) is 12.7 Å². The number of H-pyrrole nitrogens is 1. The molecule has 0 aromatic carbocycles. The summed E-state index contributed by atoms with van der Waals surface area (Å²) in [5.41, 5.74) is 1.87. The molecule has 5 heteroatoms. The Balaban J connectivity index is 1.71. The fourth-order valence-electron chi connectivity index (χ4n) is 2.11. The Kier molecular flexibility index (Phi) is 2.25. The molecule has 0 saturated heterocycles. The van der Waals surface area contributed by atoms with Crippen LogP contribution in [0.1, 0.15) is 12.8 Å². The van der Waals surface area contributed by atoms with Crippen LogP contribution in [0.4, 0.5) is 5.82 Å². The van der Waals surface area contributed by atoms with Gasteiger partial charge in [0.2, 0.25) is 0 Å². The predicted molar refractivity (Wildman–Crippen MR) is 61.1 cm³/mol. The van der Waals surface area contributed by atoms with Gasteiger partial charge in [0.15, 0.2) is 5.82 Å². The number of anilines is 1. The van der Waals surface area contributed by atoms with Crippen LogP contribution in [-0.2, 0) is 0 Å². The van der Waals surface area contributed by atoms with Gasteiger partial charge in [0.1, 0.15) is 5.52 Å². The van der Waals surface area contributed by atoms with Crippen molar-refractivity contribution in [2.75, 3.05) is 11.9 Å². The van der Waals surface area contributed by atoms with Gasteiger partial charge in [-0.2, -0.15) is 0 Å². The average Bonchev–Trinajstić information content (AvgIpc) is 2.71. The number of nitrogens with zero attached hydrogens (tertiary/aromatic N) is 2. The van der Waals surface area contributed by atoms with Crippen molar-refractivity contribution in [3.8, 4) is 0 Å². The normalized spacial score (nSPS) is 24.3. The fraction of sp³-hybridized carbons (Fsp3) is 0.455. The highest BCUT2D eigenvalue weighted by molar-refractivity contribution is 5.85. The molecule has 0 amide bonds. The van der Waals surface area contributed by atoms with Crippen LogP contribution in [0.2, 0.25) is 0 Å². The maximum Gasteiger partial charge on any atom is 0.154 e. The molecule has 16 heavy (non-hydrogen) atoms. The Hall–Kier alpha value is -1.62. The zero-order valence-electron chi connectivity index (χ0n) is 8.85. The summed E-state index contributed by atoms with van der Waals surface area (Å²) in [6, 6.07) is 1.90. The standard InChI is InChI=1S/C11H14N4O/c16-8-3-7(4-8)5-13-11-10-9(1-2-12-11)14-6-15-10/h1-2,6-8,16H,3-5H2,(H,12,13)(H,14,15). The Morgan fingerprint density at radius 2 is 2.31 bits per heavy atom. The highest BCUT2D eigenvalue weighted by atomic mass is 16.3. The summed E-state index contributed by atoms with van der Waals surface area (Å²) < 4.78 is 0. The van der Waals surface area contributed by atoms with E-state index in [-0.39, 0.29) is 6.10 Å². The number of hydrogen-bond acceptors (Lipinski definition) is 4. The number of aliphatic hydroxyl groups is 1. The van der Waals surface area contributed by atoms with Gasteiger partial charge in [0.25, 0.3) is 0 Å². The zero-order valence-corrected chi connectivity index (χ0v) is 8.85. The van der Waals surface area contributed by atoms with Crippen LogP contribution < -0.4 is 5.32 Å². The third-order valence-electron chi connectivity index (χ3n) is 3.11. The lowest BCUT2D eigenvalue weighted by atomic mass is 9.82. The van der Waals surface area contributed by atoms with Crippen LogP contribution in [0.25, 0.3) is 11.0 Å². The van der Waals surface area contributed by atoms with Gasteiger partial charge < -0.3 is 15.4 Å². The number of fused-ring (bicyclic) bond motifs is 1. The summed E-state index contributed by atoms with van der Waals surface area (Å²) in [6.45, 7) is 0.857. The van der Waals surface area contributed by atoms with Gasteiger partial charge >= 0.3 is 0 Å². The first-order chi connectivity index (χ1) is 7.83. The van der Waals surface area contributed by atoms with Crippen molar-refractivity contribution in [2.24, 2.45) is 5.92 Å². The molecule has 1 fully saturated rings. The van der Waals surface area contributed by atoms with E-state index in [9.17, 15) is 5.11 Å². The number of imidazole rings is 1. The molecular formula is C11H14N4O. The van der Waals surface area contributed by atoms with Crippen molar-refractivity contribution < 1.29 is 5.11 Å². The molecule has 1 aliphatic rings. The summed E-state index contributed by atoms with van der Waals surface area (Å²) in [4.78, 5) is 11.5. The molecule has 3 rings (SSSR count). The first-order valence-corrected chi connectivity index (χ1v) is 5.53. The van der Waals surface area contributed by atoms with Gasteiger partial charge in [0.05, 0.1) is 17.9 Å². The smallest absolute Gasteiger partial charge is 0.154 e. The Morgan fingerprint density at radius 1 is 1.44 bits per heavy atom. The second-order valence-electron chi connectivity index (χ2n) is 4.33. The number of nitrogens with one attached hydrogen (secondary N) is 2. The summed E-state index contributed by atoms with van der Waals surface area (Å²) in [5.74, 6) is 1.38. The SMILES string of the molecule is OC1CC(CNc2nccc3[nH]cnc23)C1. The van der Waals surface area contributed by atoms with Crippen LogP contribution in [0, 0.1) is 5.92 Å². The number of pyridine rings is 1. The average molecular weight is 218 g/mol. The fourth-order valence-corrected chi connectivity index (χ4v) is 2.11. The van der Waals surface area contributed by atoms with Crippen molar-refractivity contribution >= 4 is 16.9 Å². The third-order valence-corrected chi connectivity index (χ3v) is 3.11. The third kappa shape index (κ3) is 1.63. The van der Waals surface area contributed by atoms with Gasteiger partial charge in [-0.1, -0.05) is 0 Å².